The minimum Gasteiger partial charge on any atom is -0.371 e. The smallest absolute Gasteiger partial charge is 0.330 e. The second kappa shape index (κ2) is 10.3. The molecule has 14 heteroatoms. The van der Waals surface area contributed by atoms with Crippen LogP contribution in [0, 0.1) is 0 Å². The number of benzene rings is 1. The van der Waals surface area contributed by atoms with Gasteiger partial charge in [-0.25, -0.2) is 4.79 Å². The molecule has 1 aliphatic rings. The maximum absolute atomic E-state index is 12.6. The first kappa shape index (κ1) is 25.3. The second-order valence-electron chi connectivity index (χ2n) is 7.47. The van der Waals surface area contributed by atoms with Gasteiger partial charge in [0.05, 0.1) is 38.0 Å². The Hall–Kier alpha value is -2.36. The predicted octanol–water partition coefficient (Wildman–Crippen LogP) is -0.138. The lowest BCUT2D eigenvalue weighted by molar-refractivity contribution is -0.0384. The number of hydrogen-bond acceptors (Lipinski definition) is 10. The Labute approximate surface area is 190 Å². The number of aromatic nitrogens is 2. The van der Waals surface area contributed by atoms with E-state index in [1.165, 1.54) is 6.07 Å². The standard InChI is InChI=1S/C19H24N2O10S2/c1-32(24,25)29-12-16-15(31-33(2,26)27)9-18(30-16)21-14(8-17(22)20-19(21)23)11-28-10-13-6-4-3-5-7-13/h3-8,15-16,18H,9-12H2,1-2H3,(H,20,22,23). The number of hydrogen-bond donors (Lipinski definition) is 1. The van der Waals surface area contributed by atoms with Crippen LogP contribution in [0.15, 0.2) is 46.0 Å². The van der Waals surface area contributed by atoms with Crippen molar-refractivity contribution in [2.24, 2.45) is 0 Å². The van der Waals surface area contributed by atoms with Crippen LogP contribution in [0.4, 0.5) is 0 Å². The number of aromatic amines is 1. The molecule has 182 valence electrons. The molecular formula is C19H24N2O10S2. The highest BCUT2D eigenvalue weighted by molar-refractivity contribution is 7.86. The molecule has 3 rings (SSSR count). The number of nitrogens with one attached hydrogen (secondary N) is 1. The van der Waals surface area contributed by atoms with Crippen LogP contribution in [0.5, 0.6) is 0 Å². The Morgan fingerprint density at radius 2 is 1.76 bits per heavy atom. The lowest BCUT2D eigenvalue weighted by atomic mass is 10.2. The van der Waals surface area contributed by atoms with Gasteiger partial charge in [-0.2, -0.15) is 16.8 Å². The lowest BCUT2D eigenvalue weighted by Gasteiger charge is -2.19. The molecule has 0 spiro atoms. The van der Waals surface area contributed by atoms with Crippen LogP contribution in [0.25, 0.3) is 0 Å². The fraction of sp³-hybridized carbons (Fsp3) is 0.474. The molecule has 1 aromatic carbocycles. The van der Waals surface area contributed by atoms with E-state index in [0.29, 0.717) is 0 Å². The zero-order valence-electron chi connectivity index (χ0n) is 17.9. The number of ether oxygens (including phenoxy) is 2. The summed E-state index contributed by atoms with van der Waals surface area (Å²) in [5.41, 5.74) is -0.373. The predicted molar refractivity (Wildman–Crippen MR) is 115 cm³/mol. The molecule has 1 fully saturated rings. The molecule has 2 heterocycles. The summed E-state index contributed by atoms with van der Waals surface area (Å²) in [6, 6.07) is 10.4. The Bertz CT molecular complexity index is 1290. The van der Waals surface area contributed by atoms with E-state index in [1.807, 2.05) is 30.3 Å². The fourth-order valence-electron chi connectivity index (χ4n) is 3.35. The van der Waals surface area contributed by atoms with E-state index in [0.717, 1.165) is 22.6 Å². The Kier molecular flexibility index (Phi) is 7.87. The van der Waals surface area contributed by atoms with E-state index in [-0.39, 0.29) is 25.3 Å². The molecule has 0 aliphatic carbocycles. The Morgan fingerprint density at radius 3 is 2.39 bits per heavy atom. The van der Waals surface area contributed by atoms with Gasteiger partial charge in [-0.1, -0.05) is 30.3 Å². The molecule has 1 N–H and O–H groups in total. The van der Waals surface area contributed by atoms with E-state index in [1.54, 1.807) is 0 Å². The quantitative estimate of drug-likeness (QED) is 0.431. The first-order valence-electron chi connectivity index (χ1n) is 9.76. The molecule has 1 saturated heterocycles. The zero-order chi connectivity index (χ0) is 24.2. The van der Waals surface area contributed by atoms with Crippen molar-refractivity contribution in [2.45, 2.75) is 38.1 Å². The van der Waals surface area contributed by atoms with Crippen LogP contribution in [0.1, 0.15) is 23.9 Å². The van der Waals surface area contributed by atoms with Crippen molar-refractivity contribution in [3.8, 4) is 0 Å². The van der Waals surface area contributed by atoms with E-state index in [2.05, 4.69) is 4.98 Å². The molecule has 3 unspecified atom stereocenters. The minimum absolute atomic E-state index is 0.115. The SMILES string of the molecule is CS(=O)(=O)OCC1OC(n2c(COCc3ccccc3)cc(=O)[nH]c2=O)CC1OS(C)(=O)=O. The molecule has 2 aromatic rings. The highest BCUT2D eigenvalue weighted by Crippen LogP contribution is 2.32. The first-order chi connectivity index (χ1) is 15.4. The summed E-state index contributed by atoms with van der Waals surface area (Å²) in [6.45, 7) is -0.415. The third-order valence-electron chi connectivity index (χ3n) is 4.63. The molecule has 0 amide bonds. The fourth-order valence-corrected chi connectivity index (χ4v) is 4.39. The van der Waals surface area contributed by atoms with Crippen molar-refractivity contribution in [1.29, 1.82) is 0 Å². The summed E-state index contributed by atoms with van der Waals surface area (Å²) in [5, 5.41) is 0. The number of H-pyrrole nitrogens is 1. The second-order valence-corrected chi connectivity index (χ2v) is 10.7. The molecule has 0 saturated carbocycles. The van der Waals surface area contributed by atoms with Crippen LogP contribution >= 0.6 is 0 Å². The molecule has 0 radical (unpaired) electrons. The van der Waals surface area contributed by atoms with Gasteiger partial charge in [-0.15, -0.1) is 0 Å². The van der Waals surface area contributed by atoms with E-state index in [4.69, 9.17) is 17.8 Å². The molecule has 3 atom stereocenters. The van der Waals surface area contributed by atoms with E-state index in [9.17, 15) is 26.4 Å². The summed E-state index contributed by atoms with van der Waals surface area (Å²) in [7, 11) is -7.77. The van der Waals surface area contributed by atoms with Crippen LogP contribution < -0.4 is 11.2 Å². The summed E-state index contributed by atoms with van der Waals surface area (Å²) >= 11 is 0. The molecule has 1 aromatic heterocycles. The molecule has 1 aliphatic heterocycles. The van der Waals surface area contributed by atoms with Crippen LogP contribution in [0.3, 0.4) is 0 Å². The van der Waals surface area contributed by atoms with Gasteiger partial charge >= 0.3 is 5.69 Å². The van der Waals surface area contributed by atoms with Gasteiger partial charge in [0.25, 0.3) is 25.8 Å². The van der Waals surface area contributed by atoms with Crippen molar-refractivity contribution in [3.63, 3.8) is 0 Å². The van der Waals surface area contributed by atoms with Gasteiger partial charge in [0.15, 0.2) is 0 Å². The number of nitrogens with zero attached hydrogens (tertiary/aromatic N) is 1. The normalized spacial score (nSPS) is 21.3. The monoisotopic (exact) mass is 504 g/mol. The number of rotatable bonds is 10. The average Bonchev–Trinajstić information content (AvgIpc) is 3.06. The highest BCUT2D eigenvalue weighted by Gasteiger charge is 2.41. The van der Waals surface area contributed by atoms with Crippen molar-refractivity contribution in [2.75, 3.05) is 19.1 Å². The topological polar surface area (TPSA) is 160 Å². The zero-order valence-corrected chi connectivity index (χ0v) is 19.5. The third-order valence-corrected chi connectivity index (χ3v) is 5.79. The summed E-state index contributed by atoms with van der Waals surface area (Å²) in [6.07, 6.45) is -1.75. The van der Waals surface area contributed by atoms with Gasteiger partial charge in [0, 0.05) is 12.5 Å². The largest absolute Gasteiger partial charge is 0.371 e. The van der Waals surface area contributed by atoms with Crippen LogP contribution in [-0.4, -0.2) is 57.7 Å². The molecular weight excluding hydrogens is 480 g/mol. The third kappa shape index (κ3) is 7.58. The van der Waals surface area contributed by atoms with E-state index >= 15 is 0 Å². The van der Waals surface area contributed by atoms with Crippen LogP contribution in [-0.2, 0) is 51.3 Å². The summed E-state index contributed by atoms with van der Waals surface area (Å²) in [4.78, 5) is 26.6. The lowest BCUT2D eigenvalue weighted by Crippen LogP contribution is -2.35. The highest BCUT2D eigenvalue weighted by atomic mass is 32.2. The average molecular weight is 505 g/mol. The van der Waals surface area contributed by atoms with Gasteiger partial charge in [-0.05, 0) is 5.56 Å². The summed E-state index contributed by atoms with van der Waals surface area (Å²) < 4.78 is 68.3. The molecule has 12 nitrogen and oxygen atoms in total. The van der Waals surface area contributed by atoms with E-state index < -0.39 is 56.5 Å². The van der Waals surface area contributed by atoms with Gasteiger partial charge < -0.3 is 9.47 Å². The van der Waals surface area contributed by atoms with Crippen molar-refractivity contribution < 1.29 is 34.7 Å². The van der Waals surface area contributed by atoms with Crippen molar-refractivity contribution in [1.82, 2.24) is 9.55 Å². The van der Waals surface area contributed by atoms with Crippen LogP contribution in [0.2, 0.25) is 0 Å². The maximum Gasteiger partial charge on any atom is 0.330 e. The minimum atomic E-state index is -3.93. The van der Waals surface area contributed by atoms with Gasteiger partial charge in [-0.3, -0.25) is 22.7 Å². The molecule has 0 bridgehead atoms. The van der Waals surface area contributed by atoms with Crippen molar-refractivity contribution in [3.05, 3.63) is 68.5 Å². The van der Waals surface area contributed by atoms with Gasteiger partial charge in [0.2, 0.25) is 0 Å². The van der Waals surface area contributed by atoms with Crippen molar-refractivity contribution >= 4 is 20.2 Å². The first-order valence-corrected chi connectivity index (χ1v) is 13.4. The van der Waals surface area contributed by atoms with Gasteiger partial charge in [0.1, 0.15) is 18.4 Å². The Balaban J connectivity index is 1.84. The maximum atomic E-state index is 12.6. The Morgan fingerprint density at radius 1 is 1.06 bits per heavy atom. The molecule has 33 heavy (non-hydrogen) atoms. The summed E-state index contributed by atoms with van der Waals surface area (Å²) in [5.74, 6) is 0.